The van der Waals surface area contributed by atoms with Gasteiger partial charge in [-0.2, -0.15) is 0 Å². The van der Waals surface area contributed by atoms with Gasteiger partial charge in [0.2, 0.25) is 5.91 Å². The van der Waals surface area contributed by atoms with Crippen molar-refractivity contribution in [3.05, 3.63) is 41.9 Å². The molecule has 2 rings (SSSR count). The first-order chi connectivity index (χ1) is 12.0. The number of carbonyl (C=O) groups is 2. The van der Waals surface area contributed by atoms with E-state index < -0.39 is 5.97 Å². The number of carbonyl (C=O) groups excluding carboxylic acids is 2. The third-order valence-corrected chi connectivity index (χ3v) is 5.03. The molecule has 2 heterocycles. The van der Waals surface area contributed by atoms with Crippen LogP contribution in [0.15, 0.2) is 22.3 Å². The summed E-state index contributed by atoms with van der Waals surface area (Å²) in [5.74, 6) is -0.794. The fraction of sp³-hybridized carbons (Fsp3) is 0.353. The number of nitrogens with one attached hydrogen (secondary N) is 1. The second-order valence-corrected chi connectivity index (χ2v) is 7.14. The van der Waals surface area contributed by atoms with Gasteiger partial charge >= 0.3 is 5.97 Å². The van der Waals surface area contributed by atoms with E-state index in [0.29, 0.717) is 15.7 Å². The van der Waals surface area contributed by atoms with Crippen molar-refractivity contribution in [1.82, 2.24) is 9.88 Å². The summed E-state index contributed by atoms with van der Waals surface area (Å²) in [4.78, 5) is 37.4. The van der Waals surface area contributed by atoms with Crippen LogP contribution < -0.4 is 20.1 Å². The topological polar surface area (TPSA) is 77.4 Å². The maximum Gasteiger partial charge on any atom is 0.333 e. The van der Waals surface area contributed by atoms with E-state index in [0.717, 1.165) is 11.3 Å². The van der Waals surface area contributed by atoms with Crippen molar-refractivity contribution in [2.75, 3.05) is 13.2 Å². The Bertz CT molecular complexity index is 894. The van der Waals surface area contributed by atoms with E-state index in [1.807, 2.05) is 24.4 Å². The summed E-state index contributed by atoms with van der Waals surface area (Å²) in [5, 5.41) is 4.65. The third kappa shape index (κ3) is 5.40. The fourth-order valence-corrected chi connectivity index (χ4v) is 3.80. The van der Waals surface area contributed by atoms with Crippen LogP contribution in [0.1, 0.15) is 25.1 Å². The molecule has 0 atom stereocenters. The van der Waals surface area contributed by atoms with Gasteiger partial charge in [0.15, 0.2) is 0 Å². The molecule has 2 aromatic heterocycles. The van der Waals surface area contributed by atoms with Crippen LogP contribution in [0.5, 0.6) is 0 Å². The zero-order chi connectivity index (χ0) is 18.2. The van der Waals surface area contributed by atoms with Crippen molar-refractivity contribution in [1.29, 1.82) is 0 Å². The summed E-state index contributed by atoms with van der Waals surface area (Å²) < 4.78 is 7.10. The highest BCUT2D eigenvalue weighted by Gasteiger charge is 2.10. The highest BCUT2D eigenvalue weighted by molar-refractivity contribution is 7.11. The molecule has 8 heteroatoms. The Balaban J connectivity index is 2.47. The van der Waals surface area contributed by atoms with Gasteiger partial charge in [0.1, 0.15) is 11.2 Å². The minimum atomic E-state index is -0.533. The zero-order valence-corrected chi connectivity index (χ0v) is 15.7. The number of hydrogen-bond acceptors (Lipinski definition) is 6. The van der Waals surface area contributed by atoms with Crippen LogP contribution in [0.25, 0.3) is 12.2 Å². The molecule has 0 aliphatic carbocycles. The van der Waals surface area contributed by atoms with Crippen molar-refractivity contribution in [2.45, 2.75) is 26.8 Å². The molecule has 134 valence electrons. The van der Waals surface area contributed by atoms with Crippen molar-refractivity contribution in [2.24, 2.45) is 0 Å². The van der Waals surface area contributed by atoms with Crippen molar-refractivity contribution < 1.29 is 14.3 Å². The van der Waals surface area contributed by atoms with E-state index in [1.54, 1.807) is 13.0 Å². The number of thiazole rings is 1. The van der Waals surface area contributed by atoms with Gasteiger partial charge in [-0.1, -0.05) is 13.0 Å². The predicted octanol–water partition coefficient (Wildman–Crippen LogP) is 0.670. The maximum atomic E-state index is 12.7. The predicted molar refractivity (Wildman–Crippen MR) is 100 cm³/mol. The molecule has 0 spiro atoms. The van der Waals surface area contributed by atoms with Gasteiger partial charge in [-0.25, -0.2) is 4.79 Å². The molecular weight excluding hydrogens is 360 g/mol. The number of rotatable bonds is 7. The van der Waals surface area contributed by atoms with Gasteiger partial charge in [0.05, 0.1) is 17.2 Å². The van der Waals surface area contributed by atoms with E-state index in [4.69, 9.17) is 4.74 Å². The SMILES string of the molecule is CCCNC(=O)Cn1c(=O)/c(=C\c2cccs2)s/c1=C\C(=O)OCC. The molecule has 0 radical (unpaired) electrons. The average Bonchev–Trinajstić information content (AvgIpc) is 3.17. The second-order valence-electron chi connectivity index (χ2n) is 5.10. The highest BCUT2D eigenvalue weighted by atomic mass is 32.1. The van der Waals surface area contributed by atoms with Gasteiger partial charge < -0.3 is 10.1 Å². The van der Waals surface area contributed by atoms with Crippen LogP contribution in [0.4, 0.5) is 0 Å². The average molecular weight is 380 g/mol. The van der Waals surface area contributed by atoms with Crippen LogP contribution in [0, 0.1) is 0 Å². The van der Waals surface area contributed by atoms with Gasteiger partial charge in [0.25, 0.3) is 5.56 Å². The Hall–Kier alpha value is -2.19. The molecule has 6 nitrogen and oxygen atoms in total. The van der Waals surface area contributed by atoms with E-state index in [9.17, 15) is 14.4 Å². The van der Waals surface area contributed by atoms with Crippen LogP contribution >= 0.6 is 22.7 Å². The van der Waals surface area contributed by atoms with Crippen LogP contribution in [0.3, 0.4) is 0 Å². The lowest BCUT2D eigenvalue weighted by Gasteiger charge is -2.04. The Kier molecular flexibility index (Phi) is 7.15. The maximum absolute atomic E-state index is 12.7. The van der Waals surface area contributed by atoms with Crippen molar-refractivity contribution in [3.63, 3.8) is 0 Å². The molecule has 0 fully saturated rings. The van der Waals surface area contributed by atoms with E-state index in [-0.39, 0.29) is 24.6 Å². The third-order valence-electron chi connectivity index (χ3n) is 3.15. The van der Waals surface area contributed by atoms with E-state index >= 15 is 0 Å². The molecule has 25 heavy (non-hydrogen) atoms. The first kappa shape index (κ1) is 19.1. The lowest BCUT2D eigenvalue weighted by atomic mass is 10.4. The summed E-state index contributed by atoms with van der Waals surface area (Å²) in [6, 6.07) is 3.79. The molecule has 0 aliphatic heterocycles. The zero-order valence-electron chi connectivity index (χ0n) is 14.1. The highest BCUT2D eigenvalue weighted by Crippen LogP contribution is 2.08. The molecule has 2 aromatic rings. The summed E-state index contributed by atoms with van der Waals surface area (Å²) in [6.45, 7) is 4.32. The number of amides is 1. The Morgan fingerprint density at radius 3 is 2.80 bits per heavy atom. The lowest BCUT2D eigenvalue weighted by Crippen LogP contribution is -2.38. The summed E-state index contributed by atoms with van der Waals surface area (Å²) in [6.07, 6.45) is 3.83. The van der Waals surface area contributed by atoms with Crippen LogP contribution in [0.2, 0.25) is 0 Å². The van der Waals surface area contributed by atoms with Gasteiger partial charge in [0, 0.05) is 11.4 Å². The van der Waals surface area contributed by atoms with Crippen LogP contribution in [-0.4, -0.2) is 29.6 Å². The number of hydrogen-bond donors (Lipinski definition) is 1. The minimum absolute atomic E-state index is 0.126. The molecule has 0 aliphatic rings. The van der Waals surface area contributed by atoms with Gasteiger partial charge in [-0.05, 0) is 30.9 Å². The van der Waals surface area contributed by atoms with Crippen molar-refractivity contribution in [3.8, 4) is 0 Å². The molecular formula is C17H20N2O4S2. The van der Waals surface area contributed by atoms with E-state index in [1.165, 1.54) is 33.3 Å². The molecule has 1 N–H and O–H groups in total. The smallest absolute Gasteiger partial charge is 0.333 e. The first-order valence-electron chi connectivity index (χ1n) is 7.95. The Morgan fingerprint density at radius 1 is 1.36 bits per heavy atom. The van der Waals surface area contributed by atoms with E-state index in [2.05, 4.69) is 5.32 Å². The lowest BCUT2D eigenvalue weighted by molar-refractivity contribution is -0.135. The minimum Gasteiger partial charge on any atom is -0.463 e. The number of esters is 1. The normalized spacial score (nSPS) is 12.4. The van der Waals surface area contributed by atoms with Gasteiger partial charge in [-0.3, -0.25) is 14.2 Å². The monoisotopic (exact) mass is 380 g/mol. The first-order valence-corrected chi connectivity index (χ1v) is 9.64. The summed E-state index contributed by atoms with van der Waals surface area (Å²) in [5.41, 5.74) is -0.291. The quantitative estimate of drug-likeness (QED) is 0.717. The molecule has 1 amide bonds. The summed E-state index contributed by atoms with van der Waals surface area (Å²) in [7, 11) is 0. The Labute approximate surface area is 153 Å². The van der Waals surface area contributed by atoms with Crippen LogP contribution in [-0.2, 0) is 20.9 Å². The Morgan fingerprint density at radius 2 is 2.16 bits per heavy atom. The molecule has 0 unspecified atom stereocenters. The number of ether oxygens (including phenoxy) is 1. The standard InChI is InChI=1S/C17H20N2O4S2/c1-3-7-18-14(20)11-19-15(10-16(21)23-4-2)25-13(17(19)22)9-12-6-5-8-24-12/h5-6,8-10H,3-4,7,11H2,1-2H3,(H,18,20)/b13-9+,15-10-. The molecule has 0 saturated heterocycles. The molecule has 0 aromatic carbocycles. The van der Waals surface area contributed by atoms with Gasteiger partial charge in [-0.15, -0.1) is 22.7 Å². The number of thiophene rings is 1. The second kappa shape index (κ2) is 9.33. The summed E-state index contributed by atoms with van der Waals surface area (Å²) >= 11 is 2.68. The number of nitrogens with zero attached hydrogens (tertiary/aromatic N) is 1. The molecule has 0 saturated carbocycles. The van der Waals surface area contributed by atoms with Crippen molar-refractivity contribution >= 4 is 46.7 Å². The largest absolute Gasteiger partial charge is 0.463 e. The molecule has 0 bridgehead atoms. The number of aromatic nitrogens is 1. The fourth-order valence-electron chi connectivity index (χ4n) is 2.04.